The number of ether oxygens (including phenoxy) is 1. The number of hydrogen-bond donors (Lipinski definition) is 2. The quantitative estimate of drug-likeness (QED) is 0.760. The summed E-state index contributed by atoms with van der Waals surface area (Å²) in [6.45, 7) is 1.03. The fraction of sp³-hybridized carbons (Fsp3) is 0.600. The normalized spacial score (nSPS) is 23.7. The molecule has 1 aromatic rings. The van der Waals surface area contributed by atoms with Crippen LogP contribution in [0.15, 0.2) is 24.3 Å². The van der Waals surface area contributed by atoms with Crippen LogP contribution in [0.4, 0.5) is 4.39 Å². The van der Waals surface area contributed by atoms with Gasteiger partial charge in [0.1, 0.15) is 0 Å². The molecule has 6 heteroatoms. The van der Waals surface area contributed by atoms with Gasteiger partial charge in [-0.05, 0) is 36.8 Å². The minimum atomic E-state index is -1.95. The van der Waals surface area contributed by atoms with Crippen LogP contribution in [0.1, 0.15) is 32.1 Å². The van der Waals surface area contributed by atoms with E-state index in [0.717, 1.165) is 19.3 Å². The third-order valence-corrected chi connectivity index (χ3v) is 4.55. The topological polar surface area (TPSA) is 58.6 Å². The van der Waals surface area contributed by atoms with Crippen LogP contribution in [-0.4, -0.2) is 21.9 Å². The molecule has 0 saturated heterocycles. The van der Waals surface area contributed by atoms with Crippen LogP contribution in [0.25, 0.3) is 0 Å². The highest BCUT2D eigenvalue weighted by atomic mass is 32.2. The Bertz CT molecular complexity index is 472. The number of rotatable bonds is 7. The van der Waals surface area contributed by atoms with Crippen molar-refractivity contribution in [3.63, 3.8) is 0 Å². The molecule has 0 radical (unpaired) electrons. The van der Waals surface area contributed by atoms with Gasteiger partial charge in [-0.2, -0.15) is 0 Å². The lowest BCUT2D eigenvalue weighted by molar-refractivity contribution is 0.140. The van der Waals surface area contributed by atoms with E-state index in [1.54, 1.807) is 18.2 Å². The first-order valence-electron chi connectivity index (χ1n) is 7.38. The minimum Gasteiger partial charge on any atom is -0.490 e. The molecule has 3 unspecified atom stereocenters. The van der Waals surface area contributed by atoms with Crippen molar-refractivity contribution in [3.8, 4) is 5.75 Å². The first-order valence-corrected chi connectivity index (χ1v) is 8.49. The van der Waals surface area contributed by atoms with Gasteiger partial charge in [-0.1, -0.05) is 31.4 Å². The minimum absolute atomic E-state index is 0.302. The summed E-state index contributed by atoms with van der Waals surface area (Å²) >= 11 is -1.95. The average Bonchev–Trinajstić information content (AvgIpc) is 2.47. The second kappa shape index (κ2) is 8.46. The van der Waals surface area contributed by atoms with Crippen LogP contribution in [-0.2, 0) is 11.3 Å². The average molecular weight is 315 g/mol. The van der Waals surface area contributed by atoms with Crippen LogP contribution >= 0.6 is 0 Å². The van der Waals surface area contributed by atoms with E-state index in [1.165, 1.54) is 18.9 Å². The highest BCUT2D eigenvalue weighted by Crippen LogP contribution is 2.33. The van der Waals surface area contributed by atoms with E-state index in [-0.39, 0.29) is 5.82 Å². The molecule has 0 amide bonds. The Balaban J connectivity index is 1.84. The molecule has 0 spiro atoms. The van der Waals surface area contributed by atoms with Gasteiger partial charge in [0.05, 0.1) is 6.61 Å². The van der Waals surface area contributed by atoms with Gasteiger partial charge in [-0.25, -0.2) is 13.3 Å². The first-order chi connectivity index (χ1) is 10.2. The Morgan fingerprint density at radius 3 is 2.71 bits per heavy atom. The van der Waals surface area contributed by atoms with E-state index in [9.17, 15) is 8.60 Å². The molecule has 21 heavy (non-hydrogen) atoms. The zero-order chi connectivity index (χ0) is 15.1. The molecule has 0 bridgehead atoms. The summed E-state index contributed by atoms with van der Waals surface area (Å²) in [4.78, 5) is 0. The molecule has 2 N–H and O–H groups in total. The molecular weight excluding hydrogens is 293 g/mol. The molecule has 2 rings (SSSR count). The van der Waals surface area contributed by atoms with Crippen LogP contribution in [0, 0.1) is 17.7 Å². The van der Waals surface area contributed by atoms with Crippen molar-refractivity contribution in [1.29, 1.82) is 0 Å². The van der Waals surface area contributed by atoms with Gasteiger partial charge in [0.2, 0.25) is 11.3 Å². The molecule has 3 atom stereocenters. The van der Waals surface area contributed by atoms with Crippen LogP contribution < -0.4 is 9.46 Å². The molecule has 1 aromatic carbocycles. The Labute approximate surface area is 127 Å². The third kappa shape index (κ3) is 5.37. The van der Waals surface area contributed by atoms with Gasteiger partial charge in [0.25, 0.3) is 0 Å². The van der Waals surface area contributed by atoms with Crippen LogP contribution in [0.5, 0.6) is 5.75 Å². The fourth-order valence-electron chi connectivity index (χ4n) is 2.97. The summed E-state index contributed by atoms with van der Waals surface area (Å²) in [5.41, 5.74) is 0. The zero-order valence-corrected chi connectivity index (χ0v) is 12.8. The van der Waals surface area contributed by atoms with Crippen molar-refractivity contribution in [1.82, 2.24) is 4.72 Å². The molecule has 0 aliphatic heterocycles. The van der Waals surface area contributed by atoms with E-state index in [2.05, 4.69) is 4.72 Å². The number of benzene rings is 1. The molecule has 4 nitrogen and oxygen atoms in total. The van der Waals surface area contributed by atoms with Crippen molar-refractivity contribution in [2.24, 2.45) is 11.8 Å². The SMILES string of the molecule is O=S(O)NCCC1CCCCC1COc1ccccc1F. The molecular formula is C15H22FNO3S. The van der Waals surface area contributed by atoms with Gasteiger partial charge in [0, 0.05) is 6.54 Å². The third-order valence-electron chi connectivity index (χ3n) is 4.10. The van der Waals surface area contributed by atoms with Crippen LogP contribution in [0.3, 0.4) is 0 Å². The number of para-hydroxylation sites is 1. The second-order valence-corrected chi connectivity index (χ2v) is 6.27. The predicted octanol–water partition coefficient (Wildman–Crippen LogP) is 3.13. The summed E-state index contributed by atoms with van der Waals surface area (Å²) in [7, 11) is 0. The van der Waals surface area contributed by atoms with Gasteiger partial charge < -0.3 is 4.74 Å². The van der Waals surface area contributed by atoms with Gasteiger partial charge in [-0.3, -0.25) is 4.55 Å². The van der Waals surface area contributed by atoms with Gasteiger partial charge in [0.15, 0.2) is 11.6 Å². The van der Waals surface area contributed by atoms with E-state index in [4.69, 9.17) is 9.29 Å². The summed E-state index contributed by atoms with van der Waals surface area (Å²) in [5.74, 6) is 0.812. The first kappa shape index (κ1) is 16.4. The van der Waals surface area contributed by atoms with E-state index >= 15 is 0 Å². The maximum absolute atomic E-state index is 13.5. The lowest BCUT2D eigenvalue weighted by Gasteiger charge is -2.31. The smallest absolute Gasteiger partial charge is 0.231 e. The summed E-state index contributed by atoms with van der Waals surface area (Å²) in [5, 5.41) is 0. The molecule has 118 valence electrons. The maximum Gasteiger partial charge on any atom is 0.231 e. The zero-order valence-electron chi connectivity index (χ0n) is 12.0. The van der Waals surface area contributed by atoms with E-state index in [0.29, 0.717) is 30.7 Å². The van der Waals surface area contributed by atoms with Crippen molar-refractivity contribution in [3.05, 3.63) is 30.1 Å². The van der Waals surface area contributed by atoms with E-state index < -0.39 is 11.3 Å². The Kier molecular flexibility index (Phi) is 6.60. The fourth-order valence-corrected chi connectivity index (χ4v) is 3.27. The second-order valence-electron chi connectivity index (χ2n) is 5.48. The predicted molar refractivity (Wildman–Crippen MR) is 80.7 cm³/mol. The standard InChI is InChI=1S/C15H22FNO3S/c16-14-7-3-4-8-15(14)20-11-13-6-2-1-5-12(13)9-10-17-21(18)19/h3-4,7-8,12-13,17H,1-2,5-6,9-11H2,(H,18,19). The van der Waals surface area contributed by atoms with Crippen LogP contribution in [0.2, 0.25) is 0 Å². The van der Waals surface area contributed by atoms with Gasteiger partial charge in [-0.15, -0.1) is 0 Å². The maximum atomic E-state index is 13.5. The molecule has 1 fully saturated rings. The van der Waals surface area contributed by atoms with Crippen molar-refractivity contribution >= 4 is 11.3 Å². The summed E-state index contributed by atoms with van der Waals surface area (Å²) < 4.78 is 41.0. The lowest BCUT2D eigenvalue weighted by Crippen LogP contribution is -2.29. The molecule has 1 saturated carbocycles. The number of halogens is 1. The molecule has 1 aliphatic carbocycles. The largest absolute Gasteiger partial charge is 0.490 e. The number of hydrogen-bond acceptors (Lipinski definition) is 2. The highest BCUT2D eigenvalue weighted by molar-refractivity contribution is 7.77. The monoisotopic (exact) mass is 315 g/mol. The lowest BCUT2D eigenvalue weighted by atomic mass is 9.78. The Hall–Kier alpha value is -0.980. The van der Waals surface area contributed by atoms with Crippen molar-refractivity contribution in [2.75, 3.05) is 13.2 Å². The highest BCUT2D eigenvalue weighted by Gasteiger charge is 2.25. The summed E-state index contributed by atoms with van der Waals surface area (Å²) in [6, 6.07) is 6.45. The molecule has 1 aliphatic rings. The van der Waals surface area contributed by atoms with E-state index in [1.807, 2.05) is 0 Å². The van der Waals surface area contributed by atoms with Crippen molar-refractivity contribution in [2.45, 2.75) is 32.1 Å². The Morgan fingerprint density at radius 2 is 2.00 bits per heavy atom. The van der Waals surface area contributed by atoms with Crippen molar-refractivity contribution < 1.29 is 17.9 Å². The summed E-state index contributed by atoms with van der Waals surface area (Å²) in [6.07, 6.45) is 5.37. The van der Waals surface area contributed by atoms with Gasteiger partial charge >= 0.3 is 0 Å². The molecule has 0 aromatic heterocycles. The Morgan fingerprint density at radius 1 is 1.29 bits per heavy atom. The molecule has 0 heterocycles. The number of nitrogens with one attached hydrogen (secondary N) is 1.